The van der Waals surface area contributed by atoms with Crippen LogP contribution < -0.4 is 5.32 Å². The summed E-state index contributed by atoms with van der Waals surface area (Å²) < 4.78 is 10.8. The molecule has 0 bridgehead atoms. The first-order valence-corrected chi connectivity index (χ1v) is 5.99. The van der Waals surface area contributed by atoms with E-state index in [-0.39, 0.29) is 23.0 Å². The van der Waals surface area contributed by atoms with Gasteiger partial charge in [-0.1, -0.05) is 0 Å². The van der Waals surface area contributed by atoms with Gasteiger partial charge in [0.25, 0.3) is 0 Å². The molecule has 0 aromatic carbocycles. The lowest BCUT2D eigenvalue weighted by Gasteiger charge is -2.51. The number of rotatable bonds is 1. The fraction of sp³-hybridized carbons (Fsp3) is 0.917. The third-order valence-electron chi connectivity index (χ3n) is 3.40. The number of hydrogen-bond acceptors (Lipinski definition) is 4. The Morgan fingerprint density at radius 1 is 1.38 bits per heavy atom. The van der Waals surface area contributed by atoms with Crippen molar-refractivity contribution in [3.63, 3.8) is 0 Å². The predicted octanol–water partition coefficient (Wildman–Crippen LogP) is 1.10. The fourth-order valence-corrected chi connectivity index (χ4v) is 2.44. The minimum atomic E-state index is -0.390. The lowest BCUT2D eigenvalue weighted by atomic mass is 9.71. The summed E-state index contributed by atoms with van der Waals surface area (Å²) in [5.74, 6) is -0.0521. The Morgan fingerprint density at radius 2 is 2.00 bits per heavy atom. The van der Waals surface area contributed by atoms with Crippen molar-refractivity contribution in [1.82, 2.24) is 5.32 Å². The maximum Gasteiger partial charge on any atom is 0.312 e. The molecule has 0 aliphatic carbocycles. The van der Waals surface area contributed by atoms with Gasteiger partial charge in [-0.05, 0) is 33.6 Å². The zero-order valence-corrected chi connectivity index (χ0v) is 10.3. The number of nitrogens with one attached hydrogen (secondary N) is 1. The van der Waals surface area contributed by atoms with E-state index >= 15 is 0 Å². The van der Waals surface area contributed by atoms with Gasteiger partial charge in [-0.25, -0.2) is 0 Å². The molecular weight excluding hydrogens is 206 g/mol. The summed E-state index contributed by atoms with van der Waals surface area (Å²) >= 11 is 0. The highest BCUT2D eigenvalue weighted by Gasteiger charge is 2.52. The van der Waals surface area contributed by atoms with E-state index in [1.807, 2.05) is 20.8 Å². The van der Waals surface area contributed by atoms with Crippen molar-refractivity contribution in [2.24, 2.45) is 5.92 Å². The second kappa shape index (κ2) is 4.00. The van der Waals surface area contributed by atoms with Gasteiger partial charge in [0, 0.05) is 25.3 Å². The summed E-state index contributed by atoms with van der Waals surface area (Å²) in [6.07, 6.45) is 1.83. The van der Waals surface area contributed by atoms with E-state index in [4.69, 9.17) is 9.47 Å². The molecule has 4 nitrogen and oxygen atoms in total. The molecule has 0 aromatic heterocycles. The molecule has 1 unspecified atom stereocenters. The molecule has 0 amide bonds. The van der Waals surface area contributed by atoms with Gasteiger partial charge in [-0.3, -0.25) is 4.79 Å². The van der Waals surface area contributed by atoms with Crippen molar-refractivity contribution in [2.45, 2.75) is 44.8 Å². The second-order valence-electron chi connectivity index (χ2n) is 5.74. The summed E-state index contributed by atoms with van der Waals surface area (Å²) in [5, 5.41) is 3.40. The van der Waals surface area contributed by atoms with E-state index in [2.05, 4.69) is 5.32 Å². The van der Waals surface area contributed by atoms with Crippen LogP contribution in [-0.2, 0) is 14.3 Å². The summed E-state index contributed by atoms with van der Waals surface area (Å²) in [7, 11) is 0. The van der Waals surface area contributed by atoms with Crippen LogP contribution in [0.2, 0.25) is 0 Å². The van der Waals surface area contributed by atoms with Crippen molar-refractivity contribution in [3.8, 4) is 0 Å². The van der Waals surface area contributed by atoms with E-state index in [1.165, 1.54) is 0 Å². The Bertz CT molecular complexity index is 276. The van der Waals surface area contributed by atoms with Crippen LogP contribution in [0.1, 0.15) is 33.6 Å². The molecule has 2 rings (SSSR count). The molecule has 2 saturated heterocycles. The number of carbonyl (C=O) groups is 1. The highest BCUT2D eigenvalue weighted by Crippen LogP contribution is 2.37. The van der Waals surface area contributed by atoms with Crippen molar-refractivity contribution in [3.05, 3.63) is 0 Å². The van der Waals surface area contributed by atoms with Crippen molar-refractivity contribution in [1.29, 1.82) is 0 Å². The van der Waals surface area contributed by atoms with Crippen LogP contribution in [0.25, 0.3) is 0 Å². The first kappa shape index (κ1) is 11.9. The third-order valence-corrected chi connectivity index (χ3v) is 3.40. The van der Waals surface area contributed by atoms with Crippen LogP contribution >= 0.6 is 0 Å². The van der Waals surface area contributed by atoms with Crippen molar-refractivity contribution in [2.75, 3.05) is 19.8 Å². The zero-order valence-electron chi connectivity index (χ0n) is 10.3. The quantitative estimate of drug-likeness (QED) is 0.681. The standard InChI is InChI=1S/C12H21NO3/c1-11(2,3)16-10(14)9-8-13-12(9)4-6-15-7-5-12/h9,13H,4-8H2,1-3H3. The largest absolute Gasteiger partial charge is 0.460 e. The van der Waals surface area contributed by atoms with E-state index in [0.717, 1.165) is 32.6 Å². The van der Waals surface area contributed by atoms with E-state index in [1.54, 1.807) is 0 Å². The van der Waals surface area contributed by atoms with E-state index in [9.17, 15) is 4.79 Å². The van der Waals surface area contributed by atoms with Crippen LogP contribution in [-0.4, -0.2) is 36.9 Å². The predicted molar refractivity (Wildman–Crippen MR) is 60.1 cm³/mol. The second-order valence-corrected chi connectivity index (χ2v) is 5.74. The Hall–Kier alpha value is -0.610. The Morgan fingerprint density at radius 3 is 2.44 bits per heavy atom. The molecule has 0 saturated carbocycles. The van der Waals surface area contributed by atoms with Crippen LogP contribution in [0.3, 0.4) is 0 Å². The van der Waals surface area contributed by atoms with E-state index < -0.39 is 0 Å². The molecule has 4 heteroatoms. The summed E-state index contributed by atoms with van der Waals surface area (Å²) in [6.45, 7) is 7.96. The zero-order chi connectivity index (χ0) is 11.8. The number of carbonyl (C=O) groups excluding carboxylic acids is 1. The molecule has 2 heterocycles. The van der Waals surface area contributed by atoms with E-state index in [0.29, 0.717) is 0 Å². The molecule has 92 valence electrons. The average Bonchev–Trinajstić information content (AvgIpc) is 2.14. The SMILES string of the molecule is CC(C)(C)OC(=O)C1CNC12CCOCC2. The normalized spacial score (nSPS) is 28.6. The van der Waals surface area contributed by atoms with Crippen LogP contribution in [0.15, 0.2) is 0 Å². The molecule has 1 spiro atoms. The Balaban J connectivity index is 1.97. The molecule has 16 heavy (non-hydrogen) atoms. The lowest BCUT2D eigenvalue weighted by Crippen LogP contribution is -2.69. The molecular formula is C12H21NO3. The first-order valence-electron chi connectivity index (χ1n) is 5.99. The van der Waals surface area contributed by atoms with Gasteiger partial charge in [-0.2, -0.15) is 0 Å². The Labute approximate surface area is 96.7 Å². The Kier molecular flexibility index (Phi) is 2.97. The van der Waals surface area contributed by atoms with Crippen LogP contribution in [0.4, 0.5) is 0 Å². The van der Waals surface area contributed by atoms with Crippen LogP contribution in [0.5, 0.6) is 0 Å². The number of esters is 1. The maximum absolute atomic E-state index is 12.0. The molecule has 2 aliphatic heterocycles. The topological polar surface area (TPSA) is 47.6 Å². The van der Waals surface area contributed by atoms with Gasteiger partial charge in [0.1, 0.15) is 5.60 Å². The fourth-order valence-electron chi connectivity index (χ4n) is 2.44. The van der Waals surface area contributed by atoms with Gasteiger partial charge < -0.3 is 14.8 Å². The summed E-state index contributed by atoms with van der Waals surface area (Å²) in [4.78, 5) is 12.0. The van der Waals surface area contributed by atoms with Gasteiger partial charge in [0.2, 0.25) is 0 Å². The molecule has 1 N–H and O–H groups in total. The van der Waals surface area contributed by atoms with Gasteiger partial charge in [0.05, 0.1) is 5.92 Å². The van der Waals surface area contributed by atoms with Crippen LogP contribution in [0, 0.1) is 5.92 Å². The molecule has 2 fully saturated rings. The lowest BCUT2D eigenvalue weighted by molar-refractivity contribution is -0.171. The smallest absolute Gasteiger partial charge is 0.312 e. The van der Waals surface area contributed by atoms with Crippen molar-refractivity contribution >= 4 is 5.97 Å². The molecule has 0 radical (unpaired) electrons. The molecule has 0 aromatic rings. The highest BCUT2D eigenvalue weighted by atomic mass is 16.6. The monoisotopic (exact) mass is 227 g/mol. The number of ether oxygens (including phenoxy) is 2. The first-order chi connectivity index (χ1) is 7.43. The van der Waals surface area contributed by atoms with Crippen molar-refractivity contribution < 1.29 is 14.3 Å². The molecule has 1 atom stereocenters. The van der Waals surface area contributed by atoms with Gasteiger partial charge >= 0.3 is 5.97 Å². The third kappa shape index (κ3) is 2.23. The minimum Gasteiger partial charge on any atom is -0.460 e. The average molecular weight is 227 g/mol. The summed E-state index contributed by atoms with van der Waals surface area (Å²) in [6, 6.07) is 0. The molecule has 2 aliphatic rings. The maximum atomic E-state index is 12.0. The minimum absolute atomic E-state index is 0.00984. The number of hydrogen-bond donors (Lipinski definition) is 1. The van der Waals surface area contributed by atoms with Gasteiger partial charge in [0.15, 0.2) is 0 Å². The highest BCUT2D eigenvalue weighted by molar-refractivity contribution is 5.76. The van der Waals surface area contributed by atoms with Gasteiger partial charge in [-0.15, -0.1) is 0 Å². The summed E-state index contributed by atoms with van der Waals surface area (Å²) in [5.41, 5.74) is -0.431.